The van der Waals surface area contributed by atoms with Gasteiger partial charge in [-0.2, -0.15) is 0 Å². The lowest BCUT2D eigenvalue weighted by Gasteiger charge is -2.31. The molecule has 0 radical (unpaired) electrons. The van der Waals surface area contributed by atoms with Gasteiger partial charge in [-0.15, -0.1) is 0 Å². The van der Waals surface area contributed by atoms with E-state index >= 15 is 0 Å². The highest BCUT2D eigenvalue weighted by molar-refractivity contribution is 5.08. The number of aliphatic hydroxyl groups is 1. The zero-order valence-corrected chi connectivity index (χ0v) is 9.08. The van der Waals surface area contributed by atoms with Crippen molar-refractivity contribution in [1.82, 2.24) is 4.90 Å². The Labute approximate surface area is 86.6 Å². The molecule has 0 saturated carbocycles. The molecule has 1 saturated heterocycles. The van der Waals surface area contributed by atoms with E-state index in [1.165, 1.54) is 37.8 Å². The van der Waals surface area contributed by atoms with Gasteiger partial charge in [0.05, 0.1) is 12.6 Å². The smallest absolute Gasteiger partial charge is 0.0634 e. The van der Waals surface area contributed by atoms with E-state index < -0.39 is 0 Å². The number of likely N-dealkylation sites (tertiary alicyclic amines) is 1. The average Bonchev–Trinajstić information content (AvgIpc) is 2.67. The maximum absolute atomic E-state index is 9.25. The highest BCUT2D eigenvalue weighted by Crippen LogP contribution is 2.30. The van der Waals surface area contributed by atoms with Gasteiger partial charge < -0.3 is 10.0 Å². The second-order valence-corrected chi connectivity index (χ2v) is 4.75. The summed E-state index contributed by atoms with van der Waals surface area (Å²) in [4.78, 5) is 2.44. The van der Waals surface area contributed by atoms with Crippen molar-refractivity contribution in [3.63, 3.8) is 0 Å². The molecule has 0 aromatic carbocycles. The van der Waals surface area contributed by atoms with Crippen LogP contribution in [0.4, 0.5) is 0 Å². The lowest BCUT2D eigenvalue weighted by Crippen LogP contribution is -2.32. The number of nitrogens with zero attached hydrogens (tertiary/aromatic N) is 1. The van der Waals surface area contributed by atoms with Crippen molar-refractivity contribution in [2.45, 2.75) is 45.1 Å². The molecule has 0 spiro atoms. The van der Waals surface area contributed by atoms with Crippen molar-refractivity contribution in [2.75, 3.05) is 13.2 Å². The number of hydrogen-bond donors (Lipinski definition) is 1. The first-order chi connectivity index (χ1) is 6.81. The Kier molecular flexibility index (Phi) is 3.12. The van der Waals surface area contributed by atoms with E-state index in [-0.39, 0.29) is 0 Å². The van der Waals surface area contributed by atoms with Gasteiger partial charge in [0.15, 0.2) is 0 Å². The standard InChI is InChI=1S/C12H21NO/c1-10-4-6-11(7-5-10)13-8-2-3-12(13)9-14/h6,10,12,14H,2-5,7-9H2,1H3. The highest BCUT2D eigenvalue weighted by atomic mass is 16.3. The molecular formula is C12H21NO. The Bertz CT molecular complexity index is 224. The molecule has 2 nitrogen and oxygen atoms in total. The summed E-state index contributed by atoms with van der Waals surface area (Å²) in [6.07, 6.45) is 8.58. The van der Waals surface area contributed by atoms with Crippen LogP contribution in [0.25, 0.3) is 0 Å². The van der Waals surface area contributed by atoms with Gasteiger partial charge >= 0.3 is 0 Å². The third-order valence-corrected chi connectivity index (χ3v) is 3.61. The fourth-order valence-electron chi connectivity index (χ4n) is 2.62. The van der Waals surface area contributed by atoms with Crippen LogP contribution < -0.4 is 0 Å². The summed E-state index contributed by atoms with van der Waals surface area (Å²) in [5.41, 5.74) is 1.50. The minimum Gasteiger partial charge on any atom is -0.394 e. The van der Waals surface area contributed by atoms with E-state index in [1.54, 1.807) is 0 Å². The molecule has 14 heavy (non-hydrogen) atoms. The minimum absolute atomic E-state index is 0.326. The second-order valence-electron chi connectivity index (χ2n) is 4.75. The summed E-state index contributed by atoms with van der Waals surface area (Å²) in [5.74, 6) is 0.855. The third kappa shape index (κ3) is 1.95. The molecule has 2 rings (SSSR count). The second kappa shape index (κ2) is 4.35. The first-order valence-corrected chi connectivity index (χ1v) is 5.88. The summed E-state index contributed by atoms with van der Waals surface area (Å²) in [6, 6.07) is 0.412. The van der Waals surface area contributed by atoms with Crippen LogP contribution in [0, 0.1) is 5.92 Å². The molecule has 2 heteroatoms. The van der Waals surface area contributed by atoms with E-state index in [9.17, 15) is 5.11 Å². The third-order valence-electron chi connectivity index (χ3n) is 3.61. The van der Waals surface area contributed by atoms with Crippen LogP contribution in [0.3, 0.4) is 0 Å². The van der Waals surface area contributed by atoms with Gasteiger partial charge in [-0.05, 0) is 38.0 Å². The molecule has 0 aromatic rings. The normalized spacial score (nSPS) is 33.3. The van der Waals surface area contributed by atoms with Crippen molar-refractivity contribution < 1.29 is 5.11 Å². The fourth-order valence-corrected chi connectivity index (χ4v) is 2.62. The zero-order valence-electron chi connectivity index (χ0n) is 9.08. The molecule has 2 unspecified atom stereocenters. The summed E-state index contributed by atoms with van der Waals surface area (Å²) >= 11 is 0. The topological polar surface area (TPSA) is 23.5 Å². The number of aliphatic hydroxyl groups excluding tert-OH is 1. The highest BCUT2D eigenvalue weighted by Gasteiger charge is 2.26. The van der Waals surface area contributed by atoms with Crippen LogP contribution in [0.1, 0.15) is 39.0 Å². The molecule has 2 atom stereocenters. The molecule has 80 valence electrons. The maximum atomic E-state index is 9.25. The van der Waals surface area contributed by atoms with Crippen molar-refractivity contribution in [3.8, 4) is 0 Å². The largest absolute Gasteiger partial charge is 0.394 e. The first-order valence-electron chi connectivity index (χ1n) is 5.88. The predicted molar refractivity (Wildman–Crippen MR) is 57.9 cm³/mol. The van der Waals surface area contributed by atoms with Crippen LogP contribution in [0.15, 0.2) is 11.8 Å². The number of allylic oxidation sites excluding steroid dienone is 2. The van der Waals surface area contributed by atoms with Gasteiger partial charge in [-0.25, -0.2) is 0 Å². The molecule has 0 bridgehead atoms. The molecule has 2 aliphatic rings. The molecule has 1 N–H and O–H groups in total. The lowest BCUT2D eigenvalue weighted by molar-refractivity contribution is 0.179. The van der Waals surface area contributed by atoms with E-state index in [0.717, 1.165) is 12.5 Å². The van der Waals surface area contributed by atoms with Crippen LogP contribution in [-0.2, 0) is 0 Å². The van der Waals surface area contributed by atoms with Crippen molar-refractivity contribution in [2.24, 2.45) is 5.92 Å². The zero-order chi connectivity index (χ0) is 9.97. The van der Waals surface area contributed by atoms with Gasteiger partial charge in [-0.3, -0.25) is 0 Å². The Morgan fingerprint density at radius 3 is 3.00 bits per heavy atom. The van der Waals surface area contributed by atoms with Crippen LogP contribution in [-0.4, -0.2) is 29.2 Å². The molecule has 0 aromatic heterocycles. The minimum atomic E-state index is 0.326. The van der Waals surface area contributed by atoms with Crippen molar-refractivity contribution in [3.05, 3.63) is 11.8 Å². The van der Waals surface area contributed by atoms with E-state index in [2.05, 4.69) is 17.9 Å². The van der Waals surface area contributed by atoms with E-state index in [1.807, 2.05) is 0 Å². The van der Waals surface area contributed by atoms with Gasteiger partial charge in [0.25, 0.3) is 0 Å². The van der Waals surface area contributed by atoms with Crippen molar-refractivity contribution in [1.29, 1.82) is 0 Å². The van der Waals surface area contributed by atoms with Gasteiger partial charge in [0.1, 0.15) is 0 Å². The SMILES string of the molecule is CC1CC=C(N2CCCC2CO)CC1. The summed E-state index contributed by atoms with van der Waals surface area (Å²) in [6.45, 7) is 3.80. The Morgan fingerprint density at radius 2 is 2.36 bits per heavy atom. The first kappa shape index (κ1) is 10.0. The predicted octanol–water partition coefficient (Wildman–Crippen LogP) is 2.15. The Balaban J connectivity index is 2.00. The van der Waals surface area contributed by atoms with Gasteiger partial charge in [0, 0.05) is 12.2 Å². The molecule has 1 fully saturated rings. The van der Waals surface area contributed by atoms with Crippen molar-refractivity contribution >= 4 is 0 Å². The quantitative estimate of drug-likeness (QED) is 0.729. The fraction of sp³-hybridized carbons (Fsp3) is 0.833. The summed E-state index contributed by atoms with van der Waals surface area (Å²) in [5, 5.41) is 9.25. The number of hydrogen-bond acceptors (Lipinski definition) is 2. The van der Waals surface area contributed by atoms with E-state index in [4.69, 9.17) is 0 Å². The lowest BCUT2D eigenvalue weighted by atomic mass is 9.93. The molecule has 1 heterocycles. The number of rotatable bonds is 2. The van der Waals surface area contributed by atoms with E-state index in [0.29, 0.717) is 12.6 Å². The molecule has 1 aliphatic carbocycles. The molecular weight excluding hydrogens is 174 g/mol. The Hall–Kier alpha value is -0.500. The van der Waals surface area contributed by atoms with Gasteiger partial charge in [-0.1, -0.05) is 13.0 Å². The average molecular weight is 195 g/mol. The monoisotopic (exact) mass is 195 g/mol. The molecule has 1 aliphatic heterocycles. The van der Waals surface area contributed by atoms with Crippen LogP contribution >= 0.6 is 0 Å². The summed E-state index contributed by atoms with van der Waals surface area (Å²) < 4.78 is 0. The van der Waals surface area contributed by atoms with Gasteiger partial charge in [0.2, 0.25) is 0 Å². The Morgan fingerprint density at radius 1 is 1.50 bits per heavy atom. The van der Waals surface area contributed by atoms with Crippen LogP contribution in [0.2, 0.25) is 0 Å². The summed E-state index contributed by atoms with van der Waals surface area (Å²) in [7, 11) is 0. The molecule has 0 amide bonds. The maximum Gasteiger partial charge on any atom is 0.0634 e. The van der Waals surface area contributed by atoms with Crippen LogP contribution in [0.5, 0.6) is 0 Å².